The Morgan fingerprint density at radius 3 is 2.11 bits per heavy atom. The highest BCUT2D eigenvalue weighted by Gasteiger charge is 2.47. The zero-order chi connectivity index (χ0) is 53.6. The van der Waals surface area contributed by atoms with Gasteiger partial charge in [0, 0.05) is 37.3 Å². The molecular formula is C51H65N9O13. The lowest BCUT2D eigenvalue weighted by molar-refractivity contribution is -0.422. The number of benzene rings is 3. The van der Waals surface area contributed by atoms with E-state index in [1.807, 2.05) is 37.3 Å². The number of H-pyrrole nitrogens is 1. The molecule has 3 aromatic carbocycles. The van der Waals surface area contributed by atoms with E-state index in [0.29, 0.717) is 30.8 Å². The van der Waals surface area contributed by atoms with Crippen LogP contribution in [0.25, 0.3) is 0 Å². The number of methoxy groups -OCH3 is 1. The molecule has 4 N–H and O–H groups in total. The Bertz CT molecular complexity index is 2570. The fraction of sp³-hybridized carbons (Fsp3) is 0.471. The smallest absolute Gasteiger partial charge is 0.408 e. The second-order valence-corrected chi connectivity index (χ2v) is 18.9. The van der Waals surface area contributed by atoms with Crippen molar-refractivity contribution in [1.29, 1.82) is 0 Å². The molecule has 0 bridgehead atoms. The van der Waals surface area contributed by atoms with Crippen LogP contribution in [0.15, 0.2) is 85.3 Å². The molecule has 7 atom stereocenters. The van der Waals surface area contributed by atoms with Gasteiger partial charge in [0.05, 0.1) is 23.3 Å². The van der Waals surface area contributed by atoms with Gasteiger partial charge < -0.3 is 40.0 Å². The Morgan fingerprint density at radius 1 is 0.849 bits per heavy atom. The summed E-state index contributed by atoms with van der Waals surface area (Å²) < 4.78 is 16.4. The number of nitro groups is 2. The summed E-state index contributed by atoms with van der Waals surface area (Å²) in [5, 5.41) is 33.6. The fourth-order valence-electron chi connectivity index (χ4n) is 8.37. The molecule has 5 amide bonds. The number of hydrogen-bond donors (Lipinski definition) is 4. The number of ether oxygens (including phenoxy) is 3. The molecule has 4 aromatic rings. The number of esters is 1. The van der Waals surface area contributed by atoms with Gasteiger partial charge in [0.1, 0.15) is 53.9 Å². The molecule has 1 fully saturated rings. The average Bonchev–Trinajstić information content (AvgIpc) is 4.08. The first kappa shape index (κ1) is 56.0. The third kappa shape index (κ3) is 14.8. The van der Waals surface area contributed by atoms with Crippen molar-refractivity contribution in [3.8, 4) is 5.75 Å². The highest BCUT2D eigenvalue weighted by atomic mass is 16.6. The largest absolute Gasteiger partial charge is 0.489 e. The third-order valence-electron chi connectivity index (χ3n) is 12.6. The highest BCUT2D eigenvalue weighted by molar-refractivity contribution is 6.07. The number of aromatic nitrogens is 2. The minimum absolute atomic E-state index is 0.0225. The predicted molar refractivity (Wildman–Crippen MR) is 267 cm³/mol. The van der Waals surface area contributed by atoms with E-state index < -0.39 is 111 Å². The van der Waals surface area contributed by atoms with Gasteiger partial charge in [-0.2, -0.15) is 0 Å². The number of nitrogens with one attached hydrogen (secondary N) is 4. The van der Waals surface area contributed by atoms with E-state index in [-0.39, 0.29) is 37.4 Å². The molecule has 73 heavy (non-hydrogen) atoms. The van der Waals surface area contributed by atoms with Gasteiger partial charge in [0.25, 0.3) is 5.91 Å². The van der Waals surface area contributed by atoms with Gasteiger partial charge in [-0.25, -0.2) is 14.6 Å². The molecule has 5 rings (SSSR count). The monoisotopic (exact) mass is 1010 g/mol. The molecule has 1 aliphatic rings. The van der Waals surface area contributed by atoms with E-state index in [0.717, 1.165) is 28.7 Å². The van der Waals surface area contributed by atoms with Crippen LogP contribution in [0.2, 0.25) is 0 Å². The Balaban J connectivity index is 1.60. The van der Waals surface area contributed by atoms with E-state index in [4.69, 9.17) is 14.2 Å². The number of anilines is 1. The lowest BCUT2D eigenvalue weighted by atomic mass is 9.94. The summed E-state index contributed by atoms with van der Waals surface area (Å²) in [7, 11) is 1.18. The van der Waals surface area contributed by atoms with Crippen LogP contribution in [0.4, 0.5) is 21.9 Å². The number of hydrogen-bond acceptors (Lipinski definition) is 14. The molecule has 0 saturated carbocycles. The summed E-state index contributed by atoms with van der Waals surface area (Å²) in [5.41, 5.74) is -1.97. The van der Waals surface area contributed by atoms with Gasteiger partial charge in [-0.1, -0.05) is 89.1 Å². The van der Waals surface area contributed by atoms with E-state index in [9.17, 15) is 39.4 Å². The normalized spacial score (nSPS) is 15.8. The maximum Gasteiger partial charge on any atom is 0.408 e. The molecule has 1 aliphatic heterocycles. The number of nitrogens with zero attached hydrogens (tertiary/aromatic N) is 5. The molecule has 22 heteroatoms. The number of likely N-dealkylation sites (tertiary alicyclic amines) is 1. The third-order valence-corrected chi connectivity index (χ3v) is 12.6. The molecular weight excluding hydrogens is 947 g/mol. The van der Waals surface area contributed by atoms with Crippen molar-refractivity contribution in [3.05, 3.63) is 122 Å². The molecule has 0 unspecified atom stereocenters. The number of aromatic amines is 1. The standard InChI is InChI=1S/C51H65N9O13/c1-9-31(3)42(55-45(61)37(54-50(66)73-51(5,6)7)26-33-21-23-36(24-22-33)72-29-34-16-12-11-13-17-34)48(64)58(38-18-14-19-39(59(67)68)44(38)60(69)70)41(27-35-28-52-30-53-35)47(63)57-25-15-20-40(57)46(62)56-43(32(4)10-2)49(65)71-8/h11-14,16-19,21-24,28,30-32,37,40-43H,9-10,15,20,25-27,29H2,1-8H3,(H,52,53)(H,54,66)(H,55,61)(H,56,62)/t31-,32-,37-,40-,41-,42-,43-/m0/s1. The number of rotatable bonds is 23. The molecule has 2 heterocycles. The SMILES string of the molecule is CC[C@H](C)[C@H](NC(=O)[C@@H]1CCCN1C(=O)[C@H](Cc1cnc[nH]1)N(C(=O)[C@@H](NC(=O)[C@H](Cc1ccc(OCc2ccccc2)cc1)NC(=O)OC(C)(C)C)[C@@H](C)CC)c1cccc([N+](=O)[O-])c1[N+](=O)[O-])C(=O)OC. The number of carbonyl (C=O) groups excluding carboxylic acids is 6. The van der Waals surface area contributed by atoms with Gasteiger partial charge >= 0.3 is 23.4 Å². The quantitative estimate of drug-likeness (QED) is 0.0371. The summed E-state index contributed by atoms with van der Waals surface area (Å²) in [5.74, 6) is -4.85. The lowest BCUT2D eigenvalue weighted by Gasteiger charge is -2.38. The van der Waals surface area contributed by atoms with Crippen molar-refractivity contribution in [3.63, 3.8) is 0 Å². The van der Waals surface area contributed by atoms with Gasteiger partial charge in [0.15, 0.2) is 0 Å². The summed E-state index contributed by atoms with van der Waals surface area (Å²) >= 11 is 0. The maximum absolute atomic E-state index is 15.8. The molecule has 22 nitrogen and oxygen atoms in total. The summed E-state index contributed by atoms with van der Waals surface area (Å²) in [6.45, 7) is 12.1. The number of imidazole rings is 1. The minimum Gasteiger partial charge on any atom is -0.489 e. The van der Waals surface area contributed by atoms with Crippen LogP contribution in [0.5, 0.6) is 5.75 Å². The number of nitro benzene ring substituents is 2. The van der Waals surface area contributed by atoms with E-state index >= 15 is 9.59 Å². The summed E-state index contributed by atoms with van der Waals surface area (Å²) in [4.78, 5) is 119. The Morgan fingerprint density at radius 2 is 1.52 bits per heavy atom. The Hall–Kier alpha value is -7.91. The second-order valence-electron chi connectivity index (χ2n) is 18.9. The first-order valence-electron chi connectivity index (χ1n) is 24.1. The Labute approximate surface area is 423 Å². The summed E-state index contributed by atoms with van der Waals surface area (Å²) in [6.07, 6.45) is 2.30. The van der Waals surface area contributed by atoms with Crippen molar-refractivity contribution < 1.29 is 52.8 Å². The summed E-state index contributed by atoms with van der Waals surface area (Å²) in [6, 6.07) is 12.4. The second kappa shape index (κ2) is 25.5. The van der Waals surface area contributed by atoms with Crippen LogP contribution in [-0.2, 0) is 52.9 Å². The van der Waals surface area contributed by atoms with Gasteiger partial charge in [-0.15, -0.1) is 0 Å². The zero-order valence-corrected chi connectivity index (χ0v) is 42.3. The van der Waals surface area contributed by atoms with Crippen LogP contribution in [0, 0.1) is 32.1 Å². The van der Waals surface area contributed by atoms with Crippen molar-refractivity contribution >= 4 is 52.8 Å². The average molecular weight is 1010 g/mol. The minimum atomic E-state index is -1.78. The fourth-order valence-corrected chi connectivity index (χ4v) is 8.37. The lowest BCUT2D eigenvalue weighted by Crippen LogP contribution is -2.62. The van der Waals surface area contributed by atoms with Crippen LogP contribution < -0.4 is 25.6 Å². The van der Waals surface area contributed by atoms with Crippen molar-refractivity contribution in [2.24, 2.45) is 11.8 Å². The van der Waals surface area contributed by atoms with Gasteiger partial charge in [0.2, 0.25) is 17.7 Å². The first-order chi connectivity index (χ1) is 34.7. The van der Waals surface area contributed by atoms with E-state index in [1.165, 1.54) is 24.5 Å². The molecule has 0 spiro atoms. The van der Waals surface area contributed by atoms with Crippen LogP contribution in [0.3, 0.4) is 0 Å². The topological polar surface area (TPSA) is 288 Å². The number of carbonyl (C=O) groups is 6. The van der Waals surface area contributed by atoms with Crippen molar-refractivity contribution in [2.75, 3.05) is 18.6 Å². The number of amides is 5. The van der Waals surface area contributed by atoms with Crippen molar-refractivity contribution in [1.82, 2.24) is 30.8 Å². The molecule has 0 aliphatic carbocycles. The molecule has 1 aromatic heterocycles. The van der Waals surface area contributed by atoms with E-state index in [1.54, 1.807) is 65.8 Å². The van der Waals surface area contributed by atoms with Crippen LogP contribution in [0.1, 0.15) is 91.0 Å². The zero-order valence-electron chi connectivity index (χ0n) is 42.3. The predicted octanol–water partition coefficient (Wildman–Crippen LogP) is 6.11. The molecule has 0 radical (unpaired) electrons. The first-order valence-corrected chi connectivity index (χ1v) is 24.1. The van der Waals surface area contributed by atoms with Crippen LogP contribution >= 0.6 is 0 Å². The van der Waals surface area contributed by atoms with Gasteiger partial charge in [-0.3, -0.25) is 44.3 Å². The van der Waals surface area contributed by atoms with Crippen molar-refractivity contribution in [2.45, 2.75) is 129 Å². The molecule has 392 valence electrons. The Kier molecular flexibility index (Phi) is 19.5. The van der Waals surface area contributed by atoms with Crippen LogP contribution in [-0.4, -0.2) is 110 Å². The maximum atomic E-state index is 15.8. The molecule has 1 saturated heterocycles. The van der Waals surface area contributed by atoms with E-state index in [2.05, 4.69) is 25.9 Å². The highest BCUT2D eigenvalue weighted by Crippen LogP contribution is 2.39. The number of para-hydroxylation sites is 1. The van der Waals surface area contributed by atoms with Gasteiger partial charge in [-0.05, 0) is 74.8 Å². The number of alkyl carbamates (subject to hydrolysis) is 1.